The Labute approximate surface area is 172 Å². The lowest BCUT2D eigenvalue weighted by molar-refractivity contribution is -0.124. The molecule has 1 aromatic carbocycles. The third-order valence-corrected chi connectivity index (χ3v) is 5.71. The smallest absolute Gasteiger partial charge is 0.387 e. The third-order valence-electron chi connectivity index (χ3n) is 5.71. The minimum atomic E-state index is -2.92. The van der Waals surface area contributed by atoms with Gasteiger partial charge in [0.25, 0.3) is 5.95 Å². The van der Waals surface area contributed by atoms with Gasteiger partial charge in [0.2, 0.25) is 5.91 Å². The van der Waals surface area contributed by atoms with Gasteiger partial charge in [-0.1, -0.05) is 18.1 Å². The van der Waals surface area contributed by atoms with E-state index < -0.39 is 12.0 Å². The zero-order chi connectivity index (χ0) is 21.3. The molecule has 1 amide bonds. The van der Waals surface area contributed by atoms with Crippen molar-refractivity contribution in [3.8, 4) is 11.5 Å². The number of piperidine rings is 1. The van der Waals surface area contributed by atoms with E-state index in [1.54, 1.807) is 6.07 Å². The molecule has 4 rings (SSSR count). The summed E-state index contributed by atoms with van der Waals surface area (Å²) in [5.41, 5.74) is -0.0326. The molecule has 11 heteroatoms. The van der Waals surface area contributed by atoms with Gasteiger partial charge in [-0.25, -0.2) is 0 Å². The van der Waals surface area contributed by atoms with E-state index in [-0.39, 0.29) is 17.7 Å². The number of methoxy groups -OCH3 is 1. The van der Waals surface area contributed by atoms with Crippen LogP contribution in [-0.2, 0) is 10.2 Å². The van der Waals surface area contributed by atoms with Crippen LogP contribution in [0.5, 0.6) is 11.5 Å². The number of aromatic nitrogens is 4. The molecule has 0 radical (unpaired) electrons. The number of aromatic amines is 1. The number of nitrogens with zero attached hydrogens (tertiary/aromatic N) is 4. The number of rotatable bonds is 7. The van der Waals surface area contributed by atoms with Crippen molar-refractivity contribution in [2.24, 2.45) is 5.92 Å². The summed E-state index contributed by atoms with van der Waals surface area (Å²) < 4.78 is 34.8. The Morgan fingerprint density at radius 2 is 2.17 bits per heavy atom. The number of halogens is 2. The average molecular weight is 422 g/mol. The molecule has 30 heavy (non-hydrogen) atoms. The molecule has 2 fully saturated rings. The number of amides is 1. The molecule has 0 unspecified atom stereocenters. The number of benzene rings is 1. The molecule has 0 bridgehead atoms. The highest BCUT2D eigenvalue weighted by molar-refractivity contribution is 5.92. The van der Waals surface area contributed by atoms with Crippen molar-refractivity contribution < 1.29 is 23.0 Å². The van der Waals surface area contributed by atoms with Crippen LogP contribution in [-0.4, -0.2) is 59.4 Å². The molecule has 1 aromatic heterocycles. The standard InChI is InChI=1S/C19H24F2N6O3/c1-11-7-12(10-27(9-11)18-23-25-26-24-18)22-16(28)19(5-6-19)14-4-3-13(30-17(20)21)8-15(14)29-2/h3-4,8,11-12,17H,5-7,9-10H2,1-2H3,(H,22,28)(H,23,24,25,26)/t11-,12+/m0/s1. The number of hydrogen-bond donors (Lipinski definition) is 2. The summed E-state index contributed by atoms with van der Waals surface area (Å²) in [5, 5.41) is 17.3. The van der Waals surface area contributed by atoms with Crippen LogP contribution in [0.15, 0.2) is 18.2 Å². The third kappa shape index (κ3) is 4.01. The quantitative estimate of drug-likeness (QED) is 0.702. The van der Waals surface area contributed by atoms with Gasteiger partial charge in [0.15, 0.2) is 0 Å². The number of ether oxygens (including phenoxy) is 2. The number of carbonyl (C=O) groups is 1. The number of tetrazole rings is 1. The lowest BCUT2D eigenvalue weighted by Crippen LogP contribution is -2.52. The Kier molecular flexibility index (Phi) is 5.44. The van der Waals surface area contributed by atoms with E-state index in [4.69, 9.17) is 4.74 Å². The second kappa shape index (κ2) is 8.04. The van der Waals surface area contributed by atoms with Crippen molar-refractivity contribution in [2.75, 3.05) is 25.1 Å². The molecule has 1 aliphatic heterocycles. The number of carbonyl (C=O) groups excluding carboxylic acids is 1. The molecular weight excluding hydrogens is 398 g/mol. The Bertz CT molecular complexity index is 890. The van der Waals surface area contributed by atoms with Gasteiger partial charge in [-0.15, -0.1) is 5.10 Å². The molecule has 1 saturated heterocycles. The summed E-state index contributed by atoms with van der Waals surface area (Å²) in [6, 6.07) is 4.41. The molecule has 2 aromatic rings. The monoisotopic (exact) mass is 422 g/mol. The van der Waals surface area contributed by atoms with Crippen molar-refractivity contribution in [3.05, 3.63) is 23.8 Å². The maximum absolute atomic E-state index is 13.2. The van der Waals surface area contributed by atoms with E-state index in [1.807, 2.05) is 4.90 Å². The minimum Gasteiger partial charge on any atom is -0.496 e. The van der Waals surface area contributed by atoms with Crippen molar-refractivity contribution in [2.45, 2.75) is 44.3 Å². The van der Waals surface area contributed by atoms with Crippen molar-refractivity contribution in [3.63, 3.8) is 0 Å². The Morgan fingerprint density at radius 3 is 2.80 bits per heavy atom. The molecule has 1 aliphatic carbocycles. The fourth-order valence-corrected chi connectivity index (χ4v) is 4.22. The van der Waals surface area contributed by atoms with Gasteiger partial charge < -0.3 is 19.7 Å². The van der Waals surface area contributed by atoms with E-state index in [0.717, 1.165) is 13.0 Å². The maximum Gasteiger partial charge on any atom is 0.387 e. The van der Waals surface area contributed by atoms with E-state index in [0.29, 0.717) is 42.6 Å². The van der Waals surface area contributed by atoms with Crippen LogP contribution in [0.3, 0.4) is 0 Å². The Hall–Kier alpha value is -2.98. The van der Waals surface area contributed by atoms with Gasteiger partial charge in [0.05, 0.1) is 12.5 Å². The highest BCUT2D eigenvalue weighted by Gasteiger charge is 2.53. The summed E-state index contributed by atoms with van der Waals surface area (Å²) >= 11 is 0. The predicted octanol–water partition coefficient (Wildman–Crippen LogP) is 1.87. The number of anilines is 1. The zero-order valence-corrected chi connectivity index (χ0v) is 16.8. The first-order chi connectivity index (χ1) is 14.4. The molecule has 0 spiro atoms. The first-order valence-electron chi connectivity index (χ1n) is 9.84. The fourth-order valence-electron chi connectivity index (χ4n) is 4.22. The summed E-state index contributed by atoms with van der Waals surface area (Å²) in [7, 11) is 1.45. The lowest BCUT2D eigenvalue weighted by atomic mass is 9.91. The highest BCUT2D eigenvalue weighted by atomic mass is 19.3. The highest BCUT2D eigenvalue weighted by Crippen LogP contribution is 2.52. The summed E-state index contributed by atoms with van der Waals surface area (Å²) in [4.78, 5) is 15.2. The summed E-state index contributed by atoms with van der Waals surface area (Å²) in [5.74, 6) is 1.14. The average Bonchev–Trinajstić information content (AvgIpc) is 3.32. The fraction of sp³-hybridized carbons (Fsp3) is 0.579. The van der Waals surface area contributed by atoms with Crippen molar-refractivity contribution in [1.29, 1.82) is 0 Å². The van der Waals surface area contributed by atoms with Crippen LogP contribution in [0.1, 0.15) is 31.7 Å². The first kappa shape index (κ1) is 20.3. The van der Waals surface area contributed by atoms with Gasteiger partial charge in [-0.05, 0) is 36.5 Å². The second-order valence-corrected chi connectivity index (χ2v) is 7.95. The van der Waals surface area contributed by atoms with E-state index >= 15 is 0 Å². The van der Waals surface area contributed by atoms with E-state index in [1.165, 1.54) is 19.2 Å². The topological polar surface area (TPSA) is 105 Å². The normalized spacial score (nSPS) is 22.6. The Morgan fingerprint density at radius 1 is 1.37 bits per heavy atom. The van der Waals surface area contributed by atoms with Gasteiger partial charge in [-0.2, -0.15) is 14.0 Å². The van der Waals surface area contributed by atoms with Gasteiger partial charge >= 0.3 is 6.61 Å². The van der Waals surface area contributed by atoms with Crippen LogP contribution in [0, 0.1) is 5.92 Å². The molecule has 2 N–H and O–H groups in total. The zero-order valence-electron chi connectivity index (χ0n) is 16.8. The van der Waals surface area contributed by atoms with Gasteiger partial charge in [0.1, 0.15) is 11.5 Å². The number of H-pyrrole nitrogens is 1. The van der Waals surface area contributed by atoms with Crippen LogP contribution < -0.4 is 19.7 Å². The SMILES string of the molecule is COc1cc(OC(F)F)ccc1C1(C(=O)N[C@@H]2C[C@H](C)CN(c3nn[nH]n3)C2)CC1. The van der Waals surface area contributed by atoms with E-state index in [2.05, 4.69) is 37.6 Å². The first-order valence-corrected chi connectivity index (χ1v) is 9.84. The number of nitrogens with one attached hydrogen (secondary N) is 2. The largest absolute Gasteiger partial charge is 0.496 e. The molecule has 162 valence electrons. The molecule has 1 saturated carbocycles. The number of hydrogen-bond acceptors (Lipinski definition) is 7. The second-order valence-electron chi connectivity index (χ2n) is 7.95. The Balaban J connectivity index is 1.49. The van der Waals surface area contributed by atoms with Gasteiger partial charge in [0, 0.05) is 30.8 Å². The molecular formula is C19H24F2N6O3. The van der Waals surface area contributed by atoms with E-state index in [9.17, 15) is 13.6 Å². The van der Waals surface area contributed by atoms with Crippen molar-refractivity contribution >= 4 is 11.9 Å². The summed E-state index contributed by atoms with van der Waals surface area (Å²) in [6.07, 6.45) is 2.18. The molecule has 9 nitrogen and oxygen atoms in total. The lowest BCUT2D eigenvalue weighted by Gasteiger charge is -2.36. The minimum absolute atomic E-state index is 0.00123. The number of alkyl halides is 2. The van der Waals surface area contributed by atoms with Crippen LogP contribution in [0.25, 0.3) is 0 Å². The molecule has 2 heterocycles. The maximum atomic E-state index is 13.2. The van der Waals surface area contributed by atoms with Crippen molar-refractivity contribution in [1.82, 2.24) is 25.9 Å². The molecule has 2 atom stereocenters. The molecule has 2 aliphatic rings. The predicted molar refractivity (Wildman–Crippen MR) is 103 cm³/mol. The van der Waals surface area contributed by atoms with Crippen LogP contribution in [0.2, 0.25) is 0 Å². The van der Waals surface area contributed by atoms with Gasteiger partial charge in [-0.3, -0.25) is 4.79 Å². The van der Waals surface area contributed by atoms with Crippen LogP contribution >= 0.6 is 0 Å². The summed E-state index contributed by atoms with van der Waals surface area (Å²) in [6.45, 7) is 0.568. The van der Waals surface area contributed by atoms with Crippen LogP contribution in [0.4, 0.5) is 14.7 Å².